The number of halogens is 3. The molecule has 7 heteroatoms. The molecule has 0 amide bonds. The molecule has 1 unspecified atom stereocenters. The van der Waals surface area contributed by atoms with Crippen LogP contribution in [0.15, 0.2) is 12.2 Å². The van der Waals surface area contributed by atoms with Crippen molar-refractivity contribution < 1.29 is 32.2 Å². The van der Waals surface area contributed by atoms with Gasteiger partial charge in [-0.3, -0.25) is 4.79 Å². The smallest absolute Gasteiger partial charge is 0.422 e. The van der Waals surface area contributed by atoms with E-state index < -0.39 is 30.8 Å². The van der Waals surface area contributed by atoms with Crippen molar-refractivity contribution in [1.82, 2.24) is 0 Å². The van der Waals surface area contributed by atoms with Gasteiger partial charge in [-0.1, -0.05) is 25.8 Å². The Hall–Kier alpha value is -1.53. The zero-order valence-electron chi connectivity index (χ0n) is 12.6. The molecule has 1 aliphatic carbocycles. The Labute approximate surface area is 127 Å². The Morgan fingerprint density at radius 3 is 2.32 bits per heavy atom. The SMILES string of the molecule is C=C(C)C(=O)OC(CC(=O)OCC(F)(F)F)C1CCCCC1. The van der Waals surface area contributed by atoms with Crippen LogP contribution >= 0.6 is 0 Å². The molecule has 0 saturated heterocycles. The predicted octanol–water partition coefficient (Wildman–Crippen LogP) is 3.55. The van der Waals surface area contributed by atoms with Crippen molar-refractivity contribution in [1.29, 1.82) is 0 Å². The highest BCUT2D eigenvalue weighted by Crippen LogP contribution is 2.30. The molecule has 0 aliphatic heterocycles. The average molecular weight is 322 g/mol. The summed E-state index contributed by atoms with van der Waals surface area (Å²) < 4.78 is 45.6. The molecule has 4 nitrogen and oxygen atoms in total. The minimum Gasteiger partial charge on any atom is -0.458 e. The van der Waals surface area contributed by atoms with Crippen molar-refractivity contribution in [2.45, 2.75) is 57.7 Å². The summed E-state index contributed by atoms with van der Waals surface area (Å²) >= 11 is 0. The van der Waals surface area contributed by atoms with Crippen molar-refractivity contribution in [3.63, 3.8) is 0 Å². The van der Waals surface area contributed by atoms with E-state index in [0.29, 0.717) is 0 Å². The predicted molar refractivity (Wildman–Crippen MR) is 72.9 cm³/mol. The molecule has 126 valence electrons. The van der Waals surface area contributed by atoms with E-state index in [-0.39, 0.29) is 17.9 Å². The number of alkyl halides is 3. The van der Waals surface area contributed by atoms with E-state index in [0.717, 1.165) is 32.1 Å². The second-order valence-electron chi connectivity index (χ2n) is 5.60. The van der Waals surface area contributed by atoms with Gasteiger partial charge in [-0.25, -0.2) is 4.79 Å². The summed E-state index contributed by atoms with van der Waals surface area (Å²) in [6.07, 6.45) is -1.17. The van der Waals surface area contributed by atoms with Crippen molar-refractivity contribution in [3.8, 4) is 0 Å². The van der Waals surface area contributed by atoms with Gasteiger partial charge in [0.15, 0.2) is 6.61 Å². The van der Waals surface area contributed by atoms with Gasteiger partial charge in [-0.15, -0.1) is 0 Å². The molecule has 0 aromatic rings. The highest BCUT2D eigenvalue weighted by atomic mass is 19.4. The third-order valence-corrected chi connectivity index (χ3v) is 3.55. The Bertz CT molecular complexity index is 412. The first-order chi connectivity index (χ1) is 10.2. The van der Waals surface area contributed by atoms with E-state index in [1.807, 2.05) is 0 Å². The molecule has 0 heterocycles. The Morgan fingerprint density at radius 1 is 1.23 bits per heavy atom. The molecule has 0 N–H and O–H groups in total. The number of ether oxygens (including phenoxy) is 2. The number of rotatable bonds is 6. The Kier molecular flexibility index (Phi) is 6.90. The van der Waals surface area contributed by atoms with Gasteiger partial charge in [0.05, 0.1) is 6.42 Å². The van der Waals surface area contributed by atoms with Crippen LogP contribution in [0.4, 0.5) is 13.2 Å². The molecule has 0 aromatic carbocycles. The van der Waals surface area contributed by atoms with Gasteiger partial charge in [0.1, 0.15) is 6.10 Å². The first kappa shape index (κ1) is 18.5. The molecular formula is C15H21F3O4. The highest BCUT2D eigenvalue weighted by Gasteiger charge is 2.33. The first-order valence-corrected chi connectivity index (χ1v) is 7.28. The van der Waals surface area contributed by atoms with Crippen molar-refractivity contribution in [2.75, 3.05) is 6.61 Å². The molecule has 1 aliphatic rings. The van der Waals surface area contributed by atoms with Gasteiger partial charge in [0.25, 0.3) is 0 Å². The summed E-state index contributed by atoms with van der Waals surface area (Å²) in [6, 6.07) is 0. The molecular weight excluding hydrogens is 301 g/mol. The maximum absolute atomic E-state index is 12.0. The normalized spacial score (nSPS) is 17.6. The molecule has 22 heavy (non-hydrogen) atoms. The van der Waals surface area contributed by atoms with Crippen LogP contribution in [0.1, 0.15) is 45.4 Å². The molecule has 1 saturated carbocycles. The quantitative estimate of drug-likeness (QED) is 0.554. The third-order valence-electron chi connectivity index (χ3n) is 3.55. The summed E-state index contributed by atoms with van der Waals surface area (Å²) in [7, 11) is 0. The Morgan fingerprint density at radius 2 is 1.82 bits per heavy atom. The lowest BCUT2D eigenvalue weighted by atomic mass is 9.84. The summed E-state index contributed by atoms with van der Waals surface area (Å²) in [6.45, 7) is 3.31. The highest BCUT2D eigenvalue weighted by molar-refractivity contribution is 5.87. The maximum atomic E-state index is 12.0. The largest absolute Gasteiger partial charge is 0.458 e. The van der Waals surface area contributed by atoms with Crippen LogP contribution in [-0.2, 0) is 19.1 Å². The summed E-state index contributed by atoms with van der Waals surface area (Å²) in [5.41, 5.74) is 0.185. The molecule has 0 aromatic heterocycles. The zero-order valence-corrected chi connectivity index (χ0v) is 12.6. The van der Waals surface area contributed by atoms with E-state index in [4.69, 9.17) is 4.74 Å². The summed E-state index contributed by atoms with van der Waals surface area (Å²) in [4.78, 5) is 23.2. The van der Waals surface area contributed by atoms with E-state index in [9.17, 15) is 22.8 Å². The van der Waals surface area contributed by atoms with Crippen LogP contribution in [0.3, 0.4) is 0 Å². The molecule has 0 spiro atoms. The second kappa shape index (κ2) is 8.19. The van der Waals surface area contributed by atoms with E-state index in [1.165, 1.54) is 6.92 Å². The summed E-state index contributed by atoms with van der Waals surface area (Å²) in [5.74, 6) is -1.68. The van der Waals surface area contributed by atoms with E-state index in [2.05, 4.69) is 11.3 Å². The van der Waals surface area contributed by atoms with Crippen LogP contribution in [0.5, 0.6) is 0 Å². The van der Waals surface area contributed by atoms with Gasteiger partial charge in [0.2, 0.25) is 0 Å². The maximum Gasteiger partial charge on any atom is 0.422 e. The lowest BCUT2D eigenvalue weighted by molar-refractivity contribution is -0.188. The minimum atomic E-state index is -4.57. The number of carbonyl (C=O) groups excluding carboxylic acids is 2. The molecule has 1 fully saturated rings. The van der Waals surface area contributed by atoms with E-state index >= 15 is 0 Å². The fourth-order valence-electron chi connectivity index (χ4n) is 2.43. The lowest BCUT2D eigenvalue weighted by Crippen LogP contribution is -2.32. The van der Waals surface area contributed by atoms with Crippen LogP contribution < -0.4 is 0 Å². The van der Waals surface area contributed by atoms with Gasteiger partial charge in [0, 0.05) is 5.57 Å². The van der Waals surface area contributed by atoms with Gasteiger partial charge >= 0.3 is 18.1 Å². The van der Waals surface area contributed by atoms with Crippen LogP contribution in [-0.4, -0.2) is 30.8 Å². The van der Waals surface area contributed by atoms with Gasteiger partial charge in [-0.2, -0.15) is 13.2 Å². The van der Waals surface area contributed by atoms with Gasteiger partial charge in [-0.05, 0) is 25.7 Å². The Balaban J connectivity index is 2.62. The first-order valence-electron chi connectivity index (χ1n) is 7.28. The van der Waals surface area contributed by atoms with Crippen molar-refractivity contribution in [3.05, 3.63) is 12.2 Å². The molecule has 0 radical (unpaired) electrons. The number of esters is 2. The molecule has 0 bridgehead atoms. The van der Waals surface area contributed by atoms with Gasteiger partial charge < -0.3 is 9.47 Å². The van der Waals surface area contributed by atoms with Crippen LogP contribution in [0.25, 0.3) is 0 Å². The number of hydrogen-bond donors (Lipinski definition) is 0. The van der Waals surface area contributed by atoms with Crippen molar-refractivity contribution in [2.24, 2.45) is 5.92 Å². The monoisotopic (exact) mass is 322 g/mol. The summed E-state index contributed by atoms with van der Waals surface area (Å²) in [5, 5.41) is 0. The fraction of sp³-hybridized carbons (Fsp3) is 0.733. The van der Waals surface area contributed by atoms with Crippen molar-refractivity contribution >= 4 is 11.9 Å². The van der Waals surface area contributed by atoms with Crippen LogP contribution in [0.2, 0.25) is 0 Å². The third kappa shape index (κ3) is 6.95. The average Bonchev–Trinajstić information content (AvgIpc) is 2.44. The molecule has 1 atom stereocenters. The minimum absolute atomic E-state index is 0.0320. The standard InChI is InChI=1S/C15H21F3O4/c1-10(2)14(20)22-12(11-6-4-3-5-7-11)8-13(19)21-9-15(16,17)18/h11-12H,1,3-9H2,2H3. The number of hydrogen-bond acceptors (Lipinski definition) is 4. The fourth-order valence-corrected chi connectivity index (χ4v) is 2.43. The lowest BCUT2D eigenvalue weighted by Gasteiger charge is -2.29. The molecule has 1 rings (SSSR count). The second-order valence-corrected chi connectivity index (χ2v) is 5.60. The zero-order chi connectivity index (χ0) is 16.8. The number of carbonyl (C=O) groups is 2. The van der Waals surface area contributed by atoms with E-state index in [1.54, 1.807) is 0 Å². The van der Waals surface area contributed by atoms with Crippen LogP contribution in [0, 0.1) is 5.92 Å². The topological polar surface area (TPSA) is 52.6 Å².